The normalized spacial score (nSPS) is 11.7. The van der Waals surface area contributed by atoms with Crippen LogP contribution in [0.3, 0.4) is 0 Å². The molecule has 1 aromatic carbocycles. The first-order valence-electron chi connectivity index (χ1n) is 8.53. The van der Waals surface area contributed by atoms with Gasteiger partial charge in [-0.3, -0.25) is 9.59 Å². The summed E-state index contributed by atoms with van der Waals surface area (Å²) in [7, 11) is 0. The highest BCUT2D eigenvalue weighted by molar-refractivity contribution is 5.97. The van der Waals surface area contributed by atoms with Crippen LogP contribution in [-0.2, 0) is 14.3 Å². The number of carbonyl (C=O) groups is 3. The SMILES string of the molecule is Cc1ccc(C(=O)N[C@@H](C(=O)OCC(=O)Nc2cc(C)on2)C(C)C)cc1. The van der Waals surface area contributed by atoms with Gasteiger partial charge in [0.2, 0.25) is 0 Å². The van der Waals surface area contributed by atoms with E-state index in [9.17, 15) is 14.4 Å². The van der Waals surface area contributed by atoms with E-state index in [-0.39, 0.29) is 17.6 Å². The molecule has 8 nitrogen and oxygen atoms in total. The molecule has 1 heterocycles. The standard InChI is InChI=1S/C19H23N3O5/c1-11(2)17(21-18(24)14-7-5-12(3)6-8-14)19(25)26-10-16(23)20-15-9-13(4)27-22-15/h5-9,11,17H,10H2,1-4H3,(H,21,24)(H,20,22,23)/t17-/m1/s1. The fourth-order valence-electron chi connectivity index (χ4n) is 2.26. The van der Waals surface area contributed by atoms with E-state index in [1.165, 1.54) is 0 Å². The smallest absolute Gasteiger partial charge is 0.329 e. The zero-order chi connectivity index (χ0) is 20.0. The molecule has 0 aliphatic carbocycles. The van der Waals surface area contributed by atoms with Crippen molar-refractivity contribution in [2.24, 2.45) is 5.92 Å². The maximum Gasteiger partial charge on any atom is 0.329 e. The molecule has 8 heteroatoms. The van der Waals surface area contributed by atoms with E-state index < -0.39 is 24.5 Å². The molecule has 0 bridgehead atoms. The van der Waals surface area contributed by atoms with Crippen LogP contribution in [0.5, 0.6) is 0 Å². The van der Waals surface area contributed by atoms with E-state index in [4.69, 9.17) is 9.26 Å². The van der Waals surface area contributed by atoms with Gasteiger partial charge in [-0.1, -0.05) is 36.7 Å². The van der Waals surface area contributed by atoms with Crippen LogP contribution in [0.2, 0.25) is 0 Å². The number of hydrogen-bond acceptors (Lipinski definition) is 6. The highest BCUT2D eigenvalue weighted by Gasteiger charge is 2.26. The van der Waals surface area contributed by atoms with Crippen LogP contribution in [0, 0.1) is 19.8 Å². The van der Waals surface area contributed by atoms with Crippen LogP contribution in [0.4, 0.5) is 5.82 Å². The van der Waals surface area contributed by atoms with Gasteiger partial charge in [0, 0.05) is 11.6 Å². The first kappa shape index (κ1) is 20.2. The molecule has 1 atom stereocenters. The molecule has 0 spiro atoms. The average Bonchev–Trinajstić information content (AvgIpc) is 3.02. The van der Waals surface area contributed by atoms with Crippen LogP contribution in [0.1, 0.15) is 35.5 Å². The van der Waals surface area contributed by atoms with Gasteiger partial charge in [0.25, 0.3) is 11.8 Å². The molecule has 2 rings (SSSR count). The van der Waals surface area contributed by atoms with Crippen molar-refractivity contribution >= 4 is 23.6 Å². The van der Waals surface area contributed by atoms with Crippen LogP contribution in [-0.4, -0.2) is 35.6 Å². The Morgan fingerprint density at radius 3 is 2.37 bits per heavy atom. The lowest BCUT2D eigenvalue weighted by Crippen LogP contribution is -2.45. The third-order valence-corrected chi connectivity index (χ3v) is 3.76. The van der Waals surface area contributed by atoms with Crippen molar-refractivity contribution < 1.29 is 23.6 Å². The second-order valence-corrected chi connectivity index (χ2v) is 6.54. The minimum atomic E-state index is -0.874. The molecular formula is C19H23N3O5. The molecule has 0 saturated heterocycles. The number of esters is 1. The Labute approximate surface area is 157 Å². The van der Waals surface area contributed by atoms with Crippen molar-refractivity contribution in [1.29, 1.82) is 0 Å². The van der Waals surface area contributed by atoms with Gasteiger partial charge in [0.1, 0.15) is 11.8 Å². The van der Waals surface area contributed by atoms with Crippen LogP contribution in [0.15, 0.2) is 34.9 Å². The summed E-state index contributed by atoms with van der Waals surface area (Å²) >= 11 is 0. The Hall–Kier alpha value is -3.16. The molecule has 0 unspecified atom stereocenters. The zero-order valence-electron chi connectivity index (χ0n) is 15.7. The first-order valence-corrected chi connectivity index (χ1v) is 8.53. The van der Waals surface area contributed by atoms with Crippen molar-refractivity contribution in [1.82, 2.24) is 10.5 Å². The maximum absolute atomic E-state index is 12.3. The van der Waals surface area contributed by atoms with Gasteiger partial charge in [0.05, 0.1) is 0 Å². The number of nitrogens with zero attached hydrogens (tertiary/aromatic N) is 1. The lowest BCUT2D eigenvalue weighted by atomic mass is 10.0. The van der Waals surface area contributed by atoms with E-state index in [2.05, 4.69) is 15.8 Å². The summed E-state index contributed by atoms with van der Waals surface area (Å²) in [5.74, 6) is -1.05. The predicted octanol–water partition coefficient (Wildman–Crippen LogP) is 2.23. The van der Waals surface area contributed by atoms with Crippen molar-refractivity contribution in [3.63, 3.8) is 0 Å². The number of carbonyl (C=O) groups excluding carboxylic acids is 3. The summed E-state index contributed by atoms with van der Waals surface area (Å²) in [6, 6.07) is 7.65. The number of amides is 2. The van der Waals surface area contributed by atoms with Gasteiger partial charge in [-0.05, 0) is 31.9 Å². The lowest BCUT2D eigenvalue weighted by molar-refractivity contribution is -0.150. The highest BCUT2D eigenvalue weighted by atomic mass is 16.5. The molecule has 144 valence electrons. The fraction of sp³-hybridized carbons (Fsp3) is 0.368. The van der Waals surface area contributed by atoms with E-state index in [0.29, 0.717) is 11.3 Å². The first-order chi connectivity index (χ1) is 12.8. The minimum absolute atomic E-state index is 0.215. The van der Waals surface area contributed by atoms with Gasteiger partial charge in [-0.25, -0.2) is 4.79 Å². The Kier molecular flexibility index (Phi) is 6.70. The third kappa shape index (κ3) is 5.95. The second kappa shape index (κ2) is 8.98. The van der Waals surface area contributed by atoms with Gasteiger partial charge in [-0.15, -0.1) is 0 Å². The van der Waals surface area contributed by atoms with Gasteiger partial charge >= 0.3 is 5.97 Å². The summed E-state index contributed by atoms with van der Waals surface area (Å²) in [5, 5.41) is 8.73. The summed E-state index contributed by atoms with van der Waals surface area (Å²) in [5.41, 5.74) is 1.47. The monoisotopic (exact) mass is 373 g/mol. The summed E-state index contributed by atoms with van der Waals surface area (Å²) in [4.78, 5) is 36.5. The van der Waals surface area contributed by atoms with Crippen molar-refractivity contribution in [2.45, 2.75) is 33.7 Å². The largest absolute Gasteiger partial charge is 0.454 e. The van der Waals surface area contributed by atoms with E-state index >= 15 is 0 Å². The number of nitrogens with one attached hydrogen (secondary N) is 2. The minimum Gasteiger partial charge on any atom is -0.454 e. The molecule has 0 aliphatic rings. The number of aromatic nitrogens is 1. The van der Waals surface area contributed by atoms with Gasteiger partial charge < -0.3 is 19.9 Å². The zero-order valence-corrected chi connectivity index (χ0v) is 15.7. The van der Waals surface area contributed by atoms with Crippen molar-refractivity contribution in [3.05, 3.63) is 47.2 Å². The number of benzene rings is 1. The molecule has 1 aromatic heterocycles. The number of rotatable bonds is 7. The van der Waals surface area contributed by atoms with Gasteiger partial charge in [0.15, 0.2) is 12.4 Å². The predicted molar refractivity (Wildman–Crippen MR) is 98.1 cm³/mol. The maximum atomic E-state index is 12.3. The molecule has 2 aromatic rings. The molecule has 0 radical (unpaired) electrons. The Morgan fingerprint density at radius 2 is 1.81 bits per heavy atom. The van der Waals surface area contributed by atoms with Crippen LogP contribution < -0.4 is 10.6 Å². The molecule has 0 fully saturated rings. The van der Waals surface area contributed by atoms with E-state index in [1.807, 2.05) is 19.1 Å². The van der Waals surface area contributed by atoms with Gasteiger partial charge in [-0.2, -0.15) is 0 Å². The average molecular weight is 373 g/mol. The van der Waals surface area contributed by atoms with Crippen molar-refractivity contribution in [3.8, 4) is 0 Å². The Balaban J connectivity index is 1.91. The van der Waals surface area contributed by atoms with E-state index in [0.717, 1.165) is 5.56 Å². The number of aryl methyl sites for hydroxylation is 2. The lowest BCUT2D eigenvalue weighted by Gasteiger charge is -2.20. The second-order valence-electron chi connectivity index (χ2n) is 6.54. The topological polar surface area (TPSA) is 111 Å². The number of ether oxygens (including phenoxy) is 1. The molecule has 27 heavy (non-hydrogen) atoms. The molecule has 2 N–H and O–H groups in total. The number of hydrogen-bond donors (Lipinski definition) is 2. The quantitative estimate of drug-likeness (QED) is 0.720. The number of anilines is 1. The molecule has 2 amide bonds. The Morgan fingerprint density at radius 1 is 1.15 bits per heavy atom. The molecular weight excluding hydrogens is 350 g/mol. The molecule has 0 aliphatic heterocycles. The Bertz CT molecular complexity index is 811. The van der Waals surface area contributed by atoms with Crippen LogP contribution >= 0.6 is 0 Å². The third-order valence-electron chi connectivity index (χ3n) is 3.76. The fourth-order valence-corrected chi connectivity index (χ4v) is 2.26. The summed E-state index contributed by atoms with van der Waals surface area (Å²) < 4.78 is 9.87. The highest BCUT2D eigenvalue weighted by Crippen LogP contribution is 2.09. The summed E-state index contributed by atoms with van der Waals surface area (Å²) in [6.07, 6.45) is 0. The summed E-state index contributed by atoms with van der Waals surface area (Å²) in [6.45, 7) is 6.67. The van der Waals surface area contributed by atoms with Crippen molar-refractivity contribution in [2.75, 3.05) is 11.9 Å². The van der Waals surface area contributed by atoms with Crippen LogP contribution in [0.25, 0.3) is 0 Å². The molecule has 0 saturated carbocycles. The van der Waals surface area contributed by atoms with E-state index in [1.54, 1.807) is 39.0 Å².